The normalized spacial score (nSPS) is 10.3. The molecule has 0 aliphatic carbocycles. The summed E-state index contributed by atoms with van der Waals surface area (Å²) < 4.78 is 6.07. The molecule has 1 heterocycles. The van der Waals surface area contributed by atoms with E-state index >= 15 is 0 Å². The van der Waals surface area contributed by atoms with Gasteiger partial charge in [0, 0.05) is 18.1 Å². The van der Waals surface area contributed by atoms with E-state index in [9.17, 15) is 14.4 Å². The Balaban J connectivity index is 1.72. The lowest BCUT2D eigenvalue weighted by Crippen LogP contribution is -2.26. The van der Waals surface area contributed by atoms with E-state index in [0.717, 1.165) is 4.68 Å². The number of aromatic nitrogens is 2. The lowest BCUT2D eigenvalue weighted by atomic mass is 10.1. The Bertz CT molecular complexity index is 1200. The number of hydrogen-bond acceptors (Lipinski definition) is 6. The monoisotopic (exact) mass is 396 g/mol. The van der Waals surface area contributed by atoms with Gasteiger partial charge in [-0.05, 0) is 24.3 Å². The van der Waals surface area contributed by atoms with Crippen molar-refractivity contribution >= 4 is 39.9 Å². The minimum absolute atomic E-state index is 0.0630. The van der Waals surface area contributed by atoms with Gasteiger partial charge in [-0.2, -0.15) is 10.4 Å². The summed E-state index contributed by atoms with van der Waals surface area (Å²) in [6.07, 6.45) is 0. The average Bonchev–Trinajstić information content (AvgIpc) is 2.69. The number of ether oxygens (including phenoxy) is 1. The Kier molecular flexibility index (Phi) is 5.38. The minimum atomic E-state index is -0.834. The van der Waals surface area contributed by atoms with E-state index in [2.05, 4.69) is 10.4 Å². The summed E-state index contributed by atoms with van der Waals surface area (Å²) in [4.78, 5) is 36.5. The molecule has 2 aromatic carbocycles. The van der Waals surface area contributed by atoms with E-state index in [1.54, 1.807) is 24.3 Å². The van der Waals surface area contributed by atoms with Gasteiger partial charge in [-0.25, -0.2) is 9.48 Å². The number of halogens is 1. The van der Waals surface area contributed by atoms with Gasteiger partial charge in [-0.15, -0.1) is 0 Å². The fraction of sp³-hybridized carbons (Fsp3) is 0.105. The molecule has 0 atom stereocenters. The standard InChI is InChI=1S/C19H13ClN4O4/c1-24-18(26)14-5-3-2-4-13(14)17(23-24)19(27)28-10-16(25)22-12-7-6-11(9-21)15(20)8-12/h2-8H,10H2,1H3,(H,22,25). The highest BCUT2D eigenvalue weighted by Crippen LogP contribution is 2.20. The van der Waals surface area contributed by atoms with Crippen molar-refractivity contribution in [3.05, 3.63) is 69.1 Å². The Morgan fingerprint density at radius 3 is 2.64 bits per heavy atom. The molecule has 0 spiro atoms. The summed E-state index contributed by atoms with van der Waals surface area (Å²) in [5.74, 6) is -1.43. The summed E-state index contributed by atoms with van der Waals surface area (Å²) in [6, 6.07) is 12.8. The quantitative estimate of drug-likeness (QED) is 0.676. The largest absolute Gasteiger partial charge is 0.451 e. The van der Waals surface area contributed by atoms with E-state index in [1.165, 1.54) is 25.2 Å². The van der Waals surface area contributed by atoms with E-state index in [1.807, 2.05) is 6.07 Å². The lowest BCUT2D eigenvalue weighted by Gasteiger charge is -2.09. The van der Waals surface area contributed by atoms with Gasteiger partial charge >= 0.3 is 5.97 Å². The number of nitrogens with one attached hydrogen (secondary N) is 1. The molecule has 3 rings (SSSR count). The van der Waals surface area contributed by atoms with Crippen LogP contribution in [0.2, 0.25) is 5.02 Å². The molecular formula is C19H13ClN4O4. The second-order valence-electron chi connectivity index (χ2n) is 5.75. The van der Waals surface area contributed by atoms with Crippen LogP contribution >= 0.6 is 11.6 Å². The molecule has 0 bridgehead atoms. The molecule has 1 N–H and O–H groups in total. The minimum Gasteiger partial charge on any atom is -0.451 e. The number of carbonyl (C=O) groups excluding carboxylic acids is 2. The molecule has 0 saturated carbocycles. The Morgan fingerprint density at radius 1 is 1.25 bits per heavy atom. The number of hydrogen-bond donors (Lipinski definition) is 1. The topological polar surface area (TPSA) is 114 Å². The third-order valence-corrected chi connectivity index (χ3v) is 4.17. The van der Waals surface area contributed by atoms with Gasteiger partial charge in [-0.3, -0.25) is 9.59 Å². The maximum Gasteiger partial charge on any atom is 0.359 e. The number of carbonyl (C=O) groups is 2. The van der Waals surface area contributed by atoms with Crippen molar-refractivity contribution in [3.8, 4) is 6.07 Å². The maximum absolute atomic E-state index is 12.4. The summed E-state index contributed by atoms with van der Waals surface area (Å²) in [6.45, 7) is -0.560. The van der Waals surface area contributed by atoms with Crippen LogP contribution in [0, 0.1) is 11.3 Å². The molecule has 1 amide bonds. The molecule has 0 fully saturated rings. The van der Waals surface area contributed by atoms with Gasteiger partial charge in [0.2, 0.25) is 0 Å². The first-order valence-electron chi connectivity index (χ1n) is 8.03. The summed E-state index contributed by atoms with van der Waals surface area (Å²) in [5, 5.41) is 16.2. The highest BCUT2D eigenvalue weighted by atomic mass is 35.5. The fourth-order valence-corrected chi connectivity index (χ4v) is 2.75. The van der Waals surface area contributed by atoms with Crippen molar-refractivity contribution in [2.24, 2.45) is 7.05 Å². The Morgan fingerprint density at radius 2 is 1.96 bits per heavy atom. The molecule has 0 saturated heterocycles. The number of nitriles is 1. The predicted octanol–water partition coefficient (Wildman–Crippen LogP) is 2.25. The van der Waals surface area contributed by atoms with Crippen LogP contribution in [0.1, 0.15) is 16.1 Å². The van der Waals surface area contributed by atoms with Crippen molar-refractivity contribution in [1.82, 2.24) is 9.78 Å². The Hall–Kier alpha value is -3.70. The average molecular weight is 397 g/mol. The van der Waals surface area contributed by atoms with E-state index in [4.69, 9.17) is 21.6 Å². The maximum atomic E-state index is 12.4. The highest BCUT2D eigenvalue weighted by molar-refractivity contribution is 6.32. The molecular weight excluding hydrogens is 384 g/mol. The highest BCUT2D eigenvalue weighted by Gasteiger charge is 2.18. The van der Waals surface area contributed by atoms with Crippen LogP contribution in [0.5, 0.6) is 0 Å². The molecule has 140 valence electrons. The van der Waals surface area contributed by atoms with Gasteiger partial charge in [0.15, 0.2) is 12.3 Å². The second kappa shape index (κ2) is 7.90. The first kappa shape index (κ1) is 19.1. The number of aryl methyl sites for hydroxylation is 1. The van der Waals surface area contributed by atoms with Crippen molar-refractivity contribution in [3.63, 3.8) is 0 Å². The lowest BCUT2D eigenvalue weighted by molar-refractivity contribution is -0.119. The first-order valence-corrected chi connectivity index (χ1v) is 8.41. The molecule has 0 unspecified atom stereocenters. The smallest absolute Gasteiger partial charge is 0.359 e. The number of anilines is 1. The third-order valence-electron chi connectivity index (χ3n) is 3.86. The zero-order valence-electron chi connectivity index (χ0n) is 14.6. The number of nitrogens with zero attached hydrogens (tertiary/aromatic N) is 3. The number of amides is 1. The van der Waals surface area contributed by atoms with Crippen LogP contribution in [0.15, 0.2) is 47.3 Å². The number of rotatable bonds is 4. The molecule has 8 nitrogen and oxygen atoms in total. The van der Waals surface area contributed by atoms with Crippen LogP contribution < -0.4 is 10.9 Å². The SMILES string of the molecule is Cn1nc(C(=O)OCC(=O)Nc2ccc(C#N)c(Cl)c2)c2ccccc2c1=O. The zero-order chi connectivity index (χ0) is 20.3. The van der Waals surface area contributed by atoms with Gasteiger partial charge in [0.25, 0.3) is 11.5 Å². The van der Waals surface area contributed by atoms with E-state index < -0.39 is 18.5 Å². The van der Waals surface area contributed by atoms with Crippen molar-refractivity contribution < 1.29 is 14.3 Å². The van der Waals surface area contributed by atoms with Gasteiger partial charge < -0.3 is 10.1 Å². The predicted molar refractivity (Wildman–Crippen MR) is 102 cm³/mol. The van der Waals surface area contributed by atoms with Gasteiger partial charge in [0.1, 0.15) is 6.07 Å². The van der Waals surface area contributed by atoms with Crippen LogP contribution in [0.3, 0.4) is 0 Å². The summed E-state index contributed by atoms with van der Waals surface area (Å²) in [7, 11) is 1.42. The molecule has 0 radical (unpaired) electrons. The van der Waals surface area contributed by atoms with Crippen LogP contribution in [-0.2, 0) is 16.6 Å². The summed E-state index contributed by atoms with van der Waals surface area (Å²) in [5.41, 5.74) is 0.226. The summed E-state index contributed by atoms with van der Waals surface area (Å²) >= 11 is 5.91. The Labute approximate surface area is 163 Å². The van der Waals surface area contributed by atoms with Crippen molar-refractivity contribution in [1.29, 1.82) is 5.26 Å². The van der Waals surface area contributed by atoms with Gasteiger partial charge in [0.05, 0.1) is 16.0 Å². The van der Waals surface area contributed by atoms with Gasteiger partial charge in [-0.1, -0.05) is 29.8 Å². The molecule has 3 aromatic rings. The van der Waals surface area contributed by atoms with Crippen LogP contribution in [-0.4, -0.2) is 28.3 Å². The molecule has 1 aromatic heterocycles. The number of esters is 1. The van der Waals surface area contributed by atoms with Crippen molar-refractivity contribution in [2.75, 3.05) is 11.9 Å². The molecule has 0 aliphatic rings. The van der Waals surface area contributed by atoms with E-state index in [-0.39, 0.29) is 21.8 Å². The fourth-order valence-electron chi connectivity index (χ4n) is 2.53. The van der Waals surface area contributed by atoms with Crippen molar-refractivity contribution in [2.45, 2.75) is 0 Å². The zero-order valence-corrected chi connectivity index (χ0v) is 15.4. The number of fused-ring (bicyclic) bond motifs is 1. The number of benzene rings is 2. The molecule has 0 aliphatic heterocycles. The van der Waals surface area contributed by atoms with Crippen LogP contribution in [0.25, 0.3) is 10.8 Å². The molecule has 9 heteroatoms. The first-order chi connectivity index (χ1) is 13.4. The second-order valence-corrected chi connectivity index (χ2v) is 6.16. The van der Waals surface area contributed by atoms with E-state index in [0.29, 0.717) is 16.5 Å². The molecule has 28 heavy (non-hydrogen) atoms. The third kappa shape index (κ3) is 3.84. The van der Waals surface area contributed by atoms with Crippen LogP contribution in [0.4, 0.5) is 5.69 Å².